The summed E-state index contributed by atoms with van der Waals surface area (Å²) >= 11 is 0. The van der Waals surface area contributed by atoms with Gasteiger partial charge in [0.15, 0.2) is 0 Å². The largest absolute Gasteiger partial charge is 0.334 e. The van der Waals surface area contributed by atoms with E-state index < -0.39 is 24.1 Å². The molecule has 1 aromatic rings. The van der Waals surface area contributed by atoms with Crippen molar-refractivity contribution >= 4 is 11.7 Å². The second kappa shape index (κ2) is 3.44. The number of piperidine rings is 1. The predicted molar refractivity (Wildman–Crippen MR) is 58.5 cm³/mol. The first-order valence-corrected chi connectivity index (χ1v) is 5.40. The van der Waals surface area contributed by atoms with Gasteiger partial charge >= 0.3 is 0 Å². The molecule has 2 atom stereocenters. The van der Waals surface area contributed by atoms with Crippen LogP contribution in [0.25, 0.3) is 0 Å². The number of likely N-dealkylation sites (tertiary alicyclic amines) is 1. The lowest BCUT2D eigenvalue weighted by Crippen LogP contribution is -2.39. The van der Waals surface area contributed by atoms with Crippen LogP contribution in [0.4, 0.5) is 0 Å². The summed E-state index contributed by atoms with van der Waals surface area (Å²) in [6.07, 6.45) is -1.55. The number of Topliss-reactive ketones (excluding diaryl/α,β-unsaturated/α-hetero) is 1. The minimum Gasteiger partial charge on any atom is -0.334 e. The van der Waals surface area contributed by atoms with Crippen LogP contribution < -0.4 is 0 Å². The van der Waals surface area contributed by atoms with Crippen LogP contribution in [0.2, 0.25) is 0 Å². The quantitative estimate of drug-likeness (QED) is 0.702. The Labute approximate surface area is 96.9 Å². The Hall–Kier alpha value is -1.64. The Morgan fingerprint density at radius 3 is 2.75 bits per heavy atom. The molecule has 1 heterocycles. The van der Waals surface area contributed by atoms with Crippen molar-refractivity contribution in [2.45, 2.75) is 25.4 Å². The molecular formula is C13H13NO2. The standard InChI is InChI=1S/C13H13NO2/c15-12-7-10-6-11(12)13(16)14(10)8-9-4-2-1-3-5-9/h1-5,10-11H,6-8H2/i7D2. The van der Waals surface area contributed by atoms with E-state index in [1.54, 1.807) is 0 Å². The van der Waals surface area contributed by atoms with Crippen LogP contribution >= 0.6 is 0 Å². The molecule has 0 aromatic heterocycles. The number of carbonyl (C=O) groups is 2. The van der Waals surface area contributed by atoms with Crippen LogP contribution in [-0.4, -0.2) is 22.6 Å². The van der Waals surface area contributed by atoms with Gasteiger partial charge in [0, 0.05) is 21.7 Å². The van der Waals surface area contributed by atoms with Gasteiger partial charge in [-0.05, 0) is 12.0 Å². The number of benzene rings is 1. The molecule has 2 aliphatic rings. The van der Waals surface area contributed by atoms with Gasteiger partial charge in [-0.15, -0.1) is 0 Å². The Morgan fingerprint density at radius 2 is 2.06 bits per heavy atom. The fraction of sp³-hybridized carbons (Fsp3) is 0.385. The van der Waals surface area contributed by atoms with Crippen LogP contribution in [0.1, 0.15) is 21.1 Å². The van der Waals surface area contributed by atoms with E-state index in [1.165, 1.54) is 4.90 Å². The zero-order valence-corrected chi connectivity index (χ0v) is 8.72. The van der Waals surface area contributed by atoms with Crippen molar-refractivity contribution in [1.29, 1.82) is 0 Å². The van der Waals surface area contributed by atoms with Gasteiger partial charge in [-0.25, -0.2) is 0 Å². The molecule has 1 aromatic carbocycles. The molecule has 0 N–H and O–H groups in total. The molecule has 3 nitrogen and oxygen atoms in total. The molecule has 16 heavy (non-hydrogen) atoms. The summed E-state index contributed by atoms with van der Waals surface area (Å²) in [7, 11) is 0. The molecule has 2 bridgehead atoms. The normalized spacial score (nSPS) is 32.9. The van der Waals surface area contributed by atoms with Gasteiger partial charge < -0.3 is 4.90 Å². The van der Waals surface area contributed by atoms with Crippen molar-refractivity contribution in [3.63, 3.8) is 0 Å². The van der Waals surface area contributed by atoms with Gasteiger partial charge in [0.25, 0.3) is 0 Å². The van der Waals surface area contributed by atoms with E-state index in [9.17, 15) is 9.59 Å². The number of carbonyl (C=O) groups excluding carboxylic acids is 2. The second-order valence-electron chi connectivity index (χ2n) is 4.26. The van der Waals surface area contributed by atoms with Gasteiger partial charge in [-0.1, -0.05) is 30.3 Å². The fourth-order valence-corrected chi connectivity index (χ4v) is 2.39. The third-order valence-electron chi connectivity index (χ3n) is 3.24. The summed E-state index contributed by atoms with van der Waals surface area (Å²) in [4.78, 5) is 25.2. The number of amides is 1. The van der Waals surface area contributed by atoms with Gasteiger partial charge in [-0.3, -0.25) is 9.59 Å². The Morgan fingerprint density at radius 1 is 1.31 bits per heavy atom. The summed E-state index contributed by atoms with van der Waals surface area (Å²) < 4.78 is 15.6. The van der Waals surface area contributed by atoms with Gasteiger partial charge in [-0.2, -0.15) is 0 Å². The number of hydrogen-bond donors (Lipinski definition) is 0. The van der Waals surface area contributed by atoms with Crippen molar-refractivity contribution in [2.75, 3.05) is 0 Å². The van der Waals surface area contributed by atoms with Crippen molar-refractivity contribution in [3.8, 4) is 0 Å². The molecule has 2 unspecified atom stereocenters. The van der Waals surface area contributed by atoms with E-state index in [4.69, 9.17) is 2.74 Å². The minimum absolute atomic E-state index is 0.219. The summed E-state index contributed by atoms with van der Waals surface area (Å²) in [6, 6.07) is 8.86. The van der Waals surface area contributed by atoms with Crippen LogP contribution in [-0.2, 0) is 16.1 Å². The maximum absolute atomic E-state index is 12.0. The number of nitrogens with zero attached hydrogens (tertiary/aromatic N) is 1. The van der Waals surface area contributed by atoms with E-state index >= 15 is 0 Å². The SMILES string of the molecule is [2H]C1([2H])C(=O)C2CC1N(Cc1ccccc1)C2=O. The van der Waals surface area contributed by atoms with E-state index in [1.807, 2.05) is 30.3 Å². The smallest absolute Gasteiger partial charge is 0.233 e. The van der Waals surface area contributed by atoms with Crippen LogP contribution in [0.3, 0.4) is 0 Å². The first-order valence-electron chi connectivity index (χ1n) is 6.40. The second-order valence-corrected chi connectivity index (χ2v) is 4.26. The van der Waals surface area contributed by atoms with Crippen LogP contribution in [0.5, 0.6) is 0 Å². The summed E-state index contributed by atoms with van der Waals surface area (Å²) in [5.41, 5.74) is 0.960. The fourth-order valence-electron chi connectivity index (χ4n) is 2.39. The van der Waals surface area contributed by atoms with Gasteiger partial charge in [0.05, 0.1) is 5.92 Å². The van der Waals surface area contributed by atoms with E-state index in [-0.39, 0.29) is 5.91 Å². The van der Waals surface area contributed by atoms with Gasteiger partial charge in [0.2, 0.25) is 5.91 Å². The van der Waals surface area contributed by atoms with Crippen molar-refractivity contribution in [2.24, 2.45) is 5.92 Å². The lowest BCUT2D eigenvalue weighted by molar-refractivity contribution is -0.141. The molecule has 2 fully saturated rings. The monoisotopic (exact) mass is 217 g/mol. The predicted octanol–water partition coefficient (Wildman–Crippen LogP) is 1.38. The molecule has 3 heteroatoms. The first-order chi connectivity index (χ1) is 8.51. The summed E-state index contributed by atoms with van der Waals surface area (Å²) in [6.45, 7) is 0.383. The maximum Gasteiger partial charge on any atom is 0.233 e. The first kappa shape index (κ1) is 7.60. The average Bonchev–Trinajstić information content (AvgIpc) is 2.78. The topological polar surface area (TPSA) is 37.4 Å². The van der Waals surface area contributed by atoms with Crippen LogP contribution in [0.15, 0.2) is 30.3 Å². The lowest BCUT2D eigenvalue weighted by atomic mass is 10.1. The number of hydrogen-bond acceptors (Lipinski definition) is 2. The van der Waals surface area contributed by atoms with Crippen LogP contribution in [0, 0.1) is 5.92 Å². The molecule has 1 aliphatic carbocycles. The van der Waals surface area contributed by atoms with Crippen molar-refractivity contribution < 1.29 is 12.3 Å². The van der Waals surface area contributed by atoms with Gasteiger partial charge in [0.1, 0.15) is 5.78 Å². The molecule has 1 amide bonds. The third-order valence-corrected chi connectivity index (χ3v) is 3.24. The highest BCUT2D eigenvalue weighted by Gasteiger charge is 2.49. The molecule has 1 saturated carbocycles. The highest BCUT2D eigenvalue weighted by molar-refractivity contribution is 6.06. The molecule has 82 valence electrons. The Kier molecular flexibility index (Phi) is 1.63. The highest BCUT2D eigenvalue weighted by atomic mass is 16.2. The Balaban J connectivity index is 1.87. The molecule has 3 rings (SSSR count). The molecular weight excluding hydrogens is 202 g/mol. The molecule has 0 spiro atoms. The zero-order chi connectivity index (χ0) is 12.9. The molecule has 0 radical (unpaired) electrons. The van der Waals surface area contributed by atoms with E-state index in [0.29, 0.717) is 13.0 Å². The molecule has 1 aliphatic heterocycles. The summed E-state index contributed by atoms with van der Waals surface area (Å²) in [5.74, 6) is -1.51. The Bertz CT molecular complexity index is 515. The third kappa shape index (κ3) is 1.35. The van der Waals surface area contributed by atoms with Crippen molar-refractivity contribution in [3.05, 3.63) is 35.9 Å². The summed E-state index contributed by atoms with van der Waals surface area (Å²) in [5, 5.41) is 0. The number of rotatable bonds is 2. The zero-order valence-electron chi connectivity index (χ0n) is 10.7. The minimum atomic E-state index is -1.88. The highest BCUT2D eigenvalue weighted by Crippen LogP contribution is 2.36. The van der Waals surface area contributed by atoms with Crippen molar-refractivity contribution in [1.82, 2.24) is 4.90 Å². The number of ketones is 1. The average molecular weight is 217 g/mol. The van der Waals surface area contributed by atoms with E-state index in [2.05, 4.69) is 0 Å². The maximum atomic E-state index is 12.0. The molecule has 1 saturated heterocycles. The lowest BCUT2D eigenvalue weighted by Gasteiger charge is -2.26. The van der Waals surface area contributed by atoms with E-state index in [0.717, 1.165) is 5.56 Å². The number of fused-ring (bicyclic) bond motifs is 2.